The van der Waals surface area contributed by atoms with Crippen LogP contribution in [0.15, 0.2) is 128 Å². The lowest BCUT2D eigenvalue weighted by atomic mass is 10.1. The van der Waals surface area contributed by atoms with Gasteiger partial charge in [-0.3, -0.25) is 4.79 Å². The van der Waals surface area contributed by atoms with E-state index in [1.165, 1.54) is 30.5 Å². The van der Waals surface area contributed by atoms with E-state index in [-0.39, 0.29) is 35.2 Å². The molecular formula is C39H43F3N2O8S2. The molecule has 54 heavy (non-hydrogen) atoms. The third-order valence-electron chi connectivity index (χ3n) is 7.71. The molecule has 0 saturated heterocycles. The smallest absolute Gasteiger partial charge is 0.465 e. The quantitative estimate of drug-likeness (QED) is 0.105. The summed E-state index contributed by atoms with van der Waals surface area (Å²) in [6.45, 7) is 5.78. The number of esters is 1. The number of fused-ring (bicyclic) bond motifs is 1. The van der Waals surface area contributed by atoms with Crippen molar-refractivity contribution < 1.29 is 44.3 Å². The van der Waals surface area contributed by atoms with Crippen molar-refractivity contribution >= 4 is 42.2 Å². The first-order valence-corrected chi connectivity index (χ1v) is 18.7. The number of aromatic nitrogens is 1. The Labute approximate surface area is 313 Å². The Morgan fingerprint density at radius 3 is 1.85 bits per heavy atom. The normalized spacial score (nSPS) is 11.6. The average molecular weight is 789 g/mol. The summed E-state index contributed by atoms with van der Waals surface area (Å²) in [5.74, 6) is -1.53. The van der Waals surface area contributed by atoms with Crippen LogP contribution in [0, 0.1) is 6.92 Å². The van der Waals surface area contributed by atoms with Gasteiger partial charge in [0.05, 0.1) is 16.9 Å². The molecule has 0 atom stereocenters. The summed E-state index contributed by atoms with van der Waals surface area (Å²) in [5.41, 5.74) is 3.27. The molecule has 0 saturated carbocycles. The van der Waals surface area contributed by atoms with Crippen molar-refractivity contribution in [2.24, 2.45) is 0 Å². The highest BCUT2D eigenvalue weighted by molar-refractivity contribution is 7.96. The van der Waals surface area contributed by atoms with Gasteiger partial charge in [0.2, 0.25) is 25.1 Å². The summed E-state index contributed by atoms with van der Waals surface area (Å²) in [7, 11) is -6.99. The van der Waals surface area contributed by atoms with Gasteiger partial charge in [-0.2, -0.15) is 0 Å². The zero-order valence-corrected chi connectivity index (χ0v) is 30.1. The van der Waals surface area contributed by atoms with Crippen LogP contribution in [-0.4, -0.2) is 41.3 Å². The van der Waals surface area contributed by atoms with E-state index in [1.807, 2.05) is 26.8 Å². The fraction of sp³-hybridized carbons (Fsp3) is 0.231. The van der Waals surface area contributed by atoms with Crippen molar-refractivity contribution in [3.8, 4) is 5.75 Å². The van der Waals surface area contributed by atoms with Gasteiger partial charge in [-0.15, -0.1) is 13.2 Å². The minimum Gasteiger partial charge on any atom is -0.465 e. The molecule has 0 unspecified atom stereocenters. The van der Waals surface area contributed by atoms with Gasteiger partial charge >= 0.3 is 12.3 Å². The predicted molar refractivity (Wildman–Crippen MR) is 204 cm³/mol. The number of pyridine rings is 1. The molecular weight excluding hydrogens is 746 g/mol. The molecule has 5 rings (SSSR count). The number of sulfone groups is 2. The zero-order chi connectivity index (χ0) is 38.3. The molecule has 1 heterocycles. The Balaban J connectivity index is 0.000000368. The predicted octanol–water partition coefficient (Wildman–Crippen LogP) is 8.55. The topological polar surface area (TPSA) is 149 Å². The van der Waals surface area contributed by atoms with Crippen molar-refractivity contribution in [2.75, 3.05) is 12.4 Å². The molecule has 4 aromatic carbocycles. The van der Waals surface area contributed by atoms with Gasteiger partial charge in [-0.25, -0.2) is 21.6 Å². The first-order valence-electron chi connectivity index (χ1n) is 15.7. The van der Waals surface area contributed by atoms with Gasteiger partial charge in [0.25, 0.3) is 0 Å². The Bertz CT molecular complexity index is 2360. The molecule has 0 spiro atoms. The Morgan fingerprint density at radius 2 is 1.35 bits per heavy atom. The second-order valence-corrected chi connectivity index (χ2v) is 15.1. The number of methoxy groups -OCH3 is 1. The van der Waals surface area contributed by atoms with Crippen LogP contribution in [0.25, 0.3) is 10.9 Å². The van der Waals surface area contributed by atoms with Gasteiger partial charge in [0.15, 0.2) is 4.91 Å². The summed E-state index contributed by atoms with van der Waals surface area (Å²) in [5, 5.41) is 2.96. The number of H-pyrrole nitrogens is 1. The largest absolute Gasteiger partial charge is 0.573 e. The minimum absolute atomic E-state index is 0. The molecule has 0 fully saturated rings. The Morgan fingerprint density at radius 1 is 0.815 bits per heavy atom. The van der Waals surface area contributed by atoms with E-state index in [4.69, 9.17) is 0 Å². The highest BCUT2D eigenvalue weighted by Crippen LogP contribution is 2.26. The summed E-state index contributed by atoms with van der Waals surface area (Å²) in [6, 6.07) is 22.6. The number of aromatic amines is 1. The van der Waals surface area contributed by atoms with Crippen molar-refractivity contribution in [2.45, 2.75) is 69.5 Å². The fourth-order valence-electron chi connectivity index (χ4n) is 4.82. The second-order valence-electron chi connectivity index (χ2n) is 11.2. The molecule has 1 aromatic heterocycles. The summed E-state index contributed by atoms with van der Waals surface area (Å²) in [6.07, 6.45) is -1.07. The molecule has 0 aliphatic rings. The minimum atomic E-state index is -4.83. The molecule has 10 nitrogen and oxygen atoms in total. The van der Waals surface area contributed by atoms with Gasteiger partial charge in [0, 0.05) is 29.0 Å². The standard InChI is InChI=1S/C19H18F3NO5S.C18H17NO3S.2CH4/c1-3-13-4-10-16(11-5-13)29(25,26)17(18(24)27-2)12-23-14-6-8-15(9-7-14)28-19(20,21)22;1-3-13-5-7-14(8-6-13)23(21,22)17-11-19-16-9-4-12(2)10-15(16)18(17)20;;/h4-12,23H,3H2,1-2H3;4-11H,3H2,1-2H3,(H,19,20);2*1H4/b17-12+;;;. The van der Waals surface area contributed by atoms with E-state index in [0.717, 1.165) is 55.0 Å². The van der Waals surface area contributed by atoms with Crippen LogP contribution in [0.5, 0.6) is 5.75 Å². The second kappa shape index (κ2) is 18.6. The molecule has 0 amide bonds. The average Bonchev–Trinajstić information content (AvgIpc) is 3.12. The van der Waals surface area contributed by atoms with Gasteiger partial charge in [0.1, 0.15) is 10.6 Å². The molecule has 0 radical (unpaired) electrons. The van der Waals surface area contributed by atoms with Crippen LogP contribution in [0.2, 0.25) is 0 Å². The summed E-state index contributed by atoms with van der Waals surface area (Å²) < 4.78 is 96.1. The third-order valence-corrected chi connectivity index (χ3v) is 11.2. The van der Waals surface area contributed by atoms with E-state index in [0.29, 0.717) is 10.9 Å². The Hall–Kier alpha value is -5.41. The molecule has 0 aliphatic carbocycles. The number of carbonyl (C=O) groups excluding carboxylic acids is 1. The third kappa shape index (κ3) is 10.8. The van der Waals surface area contributed by atoms with E-state index in [1.54, 1.807) is 48.5 Å². The molecule has 2 N–H and O–H groups in total. The van der Waals surface area contributed by atoms with E-state index in [9.17, 15) is 39.6 Å². The number of anilines is 1. The number of halogens is 3. The molecule has 0 bridgehead atoms. The van der Waals surface area contributed by atoms with Crippen molar-refractivity contribution in [1.82, 2.24) is 4.98 Å². The van der Waals surface area contributed by atoms with E-state index in [2.05, 4.69) is 19.8 Å². The van der Waals surface area contributed by atoms with Crippen molar-refractivity contribution in [3.63, 3.8) is 0 Å². The van der Waals surface area contributed by atoms with Crippen molar-refractivity contribution in [3.05, 3.63) is 135 Å². The number of rotatable bonds is 10. The van der Waals surface area contributed by atoms with Crippen LogP contribution in [-0.2, 0) is 42.0 Å². The molecule has 290 valence electrons. The number of alkyl halides is 3. The first kappa shape index (κ1) is 44.7. The number of carbonyl (C=O) groups is 1. The maximum absolute atomic E-state index is 12.8. The number of ether oxygens (including phenoxy) is 2. The number of aryl methyl sites for hydroxylation is 3. The first-order chi connectivity index (χ1) is 24.5. The monoisotopic (exact) mass is 788 g/mol. The lowest BCUT2D eigenvalue weighted by Gasteiger charge is -2.11. The SMILES string of the molecule is C.C.CCc1ccc(S(=O)(=O)/C(=C/Nc2ccc(OC(F)(F)F)cc2)C(=O)OC)cc1.CCc1ccc(S(=O)(=O)c2c[nH]c3ccc(C)cc3c2=O)cc1. The number of benzene rings is 4. The van der Waals surface area contributed by atoms with Crippen LogP contribution in [0.1, 0.15) is 45.4 Å². The van der Waals surface area contributed by atoms with Crippen LogP contribution < -0.4 is 15.5 Å². The van der Waals surface area contributed by atoms with Crippen LogP contribution in [0.3, 0.4) is 0 Å². The van der Waals surface area contributed by atoms with E-state index >= 15 is 0 Å². The number of hydrogen-bond acceptors (Lipinski definition) is 9. The molecule has 0 aliphatic heterocycles. The van der Waals surface area contributed by atoms with Crippen LogP contribution >= 0.6 is 0 Å². The number of hydrogen-bond donors (Lipinski definition) is 2. The number of nitrogens with one attached hydrogen (secondary N) is 2. The van der Waals surface area contributed by atoms with Gasteiger partial charge in [-0.05, 0) is 91.6 Å². The maximum atomic E-state index is 12.8. The Kier molecular flexibility index (Phi) is 15.4. The molecule has 15 heteroatoms. The van der Waals surface area contributed by atoms with Gasteiger partial charge < -0.3 is 19.8 Å². The highest BCUT2D eigenvalue weighted by atomic mass is 32.2. The summed E-state index contributed by atoms with van der Waals surface area (Å²) in [4.78, 5) is 26.7. The van der Waals surface area contributed by atoms with Crippen molar-refractivity contribution in [1.29, 1.82) is 0 Å². The highest BCUT2D eigenvalue weighted by Gasteiger charge is 2.31. The van der Waals surface area contributed by atoms with Gasteiger partial charge in [-0.1, -0.05) is 64.6 Å². The zero-order valence-electron chi connectivity index (χ0n) is 28.4. The maximum Gasteiger partial charge on any atom is 0.573 e. The fourth-order valence-corrected chi connectivity index (χ4v) is 7.41. The van der Waals surface area contributed by atoms with E-state index < -0.39 is 48.1 Å². The summed E-state index contributed by atoms with van der Waals surface area (Å²) >= 11 is 0. The lowest BCUT2D eigenvalue weighted by Crippen LogP contribution is -2.17. The molecule has 5 aromatic rings. The lowest BCUT2D eigenvalue weighted by molar-refractivity contribution is -0.274. The van der Waals surface area contributed by atoms with Crippen LogP contribution in [0.4, 0.5) is 18.9 Å².